The molecule has 0 aliphatic carbocycles. The van der Waals surface area contributed by atoms with Crippen molar-refractivity contribution in [1.29, 1.82) is 0 Å². The van der Waals surface area contributed by atoms with Gasteiger partial charge < -0.3 is 19.0 Å². The summed E-state index contributed by atoms with van der Waals surface area (Å²) < 4.78 is 18.0. The Morgan fingerprint density at radius 3 is 2.38 bits per heavy atom. The summed E-state index contributed by atoms with van der Waals surface area (Å²) >= 11 is 0. The molecule has 2 bridgehead atoms. The fourth-order valence-corrected chi connectivity index (χ4v) is 4.62. The van der Waals surface area contributed by atoms with E-state index >= 15 is 0 Å². The lowest BCUT2D eigenvalue weighted by Gasteiger charge is -2.36. The van der Waals surface area contributed by atoms with E-state index in [1.807, 2.05) is 13.8 Å². The molecule has 4 heteroatoms. The molecule has 0 aromatic rings. The summed E-state index contributed by atoms with van der Waals surface area (Å²) in [6.07, 6.45) is 11.6. The van der Waals surface area contributed by atoms with Gasteiger partial charge in [-0.2, -0.15) is 0 Å². The Labute approximate surface area is 147 Å². The molecule has 24 heavy (non-hydrogen) atoms. The molecule has 2 rings (SSSR count). The molecule has 0 saturated carbocycles. The van der Waals surface area contributed by atoms with E-state index in [4.69, 9.17) is 14.2 Å². The molecule has 0 N–H and O–H groups in total. The highest BCUT2D eigenvalue weighted by Crippen LogP contribution is 2.54. The van der Waals surface area contributed by atoms with E-state index in [2.05, 4.69) is 6.92 Å². The van der Waals surface area contributed by atoms with Crippen molar-refractivity contribution in [2.24, 2.45) is 11.8 Å². The Balaban J connectivity index is 1.94. The van der Waals surface area contributed by atoms with Gasteiger partial charge in [0.1, 0.15) is 6.29 Å². The molecule has 0 spiro atoms. The molecule has 140 valence electrons. The minimum Gasteiger partial charge on any atom is -0.370 e. The van der Waals surface area contributed by atoms with Crippen molar-refractivity contribution in [2.45, 2.75) is 96.6 Å². The number of ether oxygens (including phenoxy) is 3. The highest BCUT2D eigenvalue weighted by Gasteiger charge is 2.61. The van der Waals surface area contributed by atoms with Gasteiger partial charge in [0.2, 0.25) is 0 Å². The van der Waals surface area contributed by atoms with Gasteiger partial charge in [-0.25, -0.2) is 0 Å². The van der Waals surface area contributed by atoms with Crippen molar-refractivity contribution in [2.75, 3.05) is 13.2 Å². The molecule has 0 radical (unpaired) electrons. The molecule has 2 aliphatic rings. The van der Waals surface area contributed by atoms with E-state index < -0.39 is 0 Å². The Bertz CT molecular complexity index is 367. The third-order valence-corrected chi connectivity index (χ3v) is 5.77. The van der Waals surface area contributed by atoms with Crippen LogP contribution in [0.1, 0.15) is 78.6 Å². The number of carbonyl (C=O) groups excluding carboxylic acids is 1. The van der Waals surface area contributed by atoms with Crippen molar-refractivity contribution < 1.29 is 19.0 Å². The van der Waals surface area contributed by atoms with Crippen LogP contribution >= 0.6 is 0 Å². The van der Waals surface area contributed by atoms with Crippen LogP contribution in [0.4, 0.5) is 0 Å². The molecule has 4 nitrogen and oxygen atoms in total. The second kappa shape index (κ2) is 9.88. The van der Waals surface area contributed by atoms with Crippen molar-refractivity contribution in [1.82, 2.24) is 0 Å². The zero-order chi connectivity index (χ0) is 17.4. The zero-order valence-electron chi connectivity index (χ0n) is 15.8. The van der Waals surface area contributed by atoms with Crippen LogP contribution < -0.4 is 0 Å². The van der Waals surface area contributed by atoms with Crippen molar-refractivity contribution in [3.8, 4) is 0 Å². The standard InChI is InChI=1S/C20H36O4/c1-4-7-8-9-10-11-13-20-14-12-17(24-20)18(16(20)15-21)19(22-5-2)23-6-3/h15-19H,4-14H2,1-3H3/t16-,17+,18+,20-/m1/s1. The van der Waals surface area contributed by atoms with Gasteiger partial charge in [0.25, 0.3) is 0 Å². The third kappa shape index (κ3) is 4.39. The van der Waals surface area contributed by atoms with Gasteiger partial charge in [0.05, 0.1) is 17.6 Å². The van der Waals surface area contributed by atoms with Gasteiger partial charge in [-0.3, -0.25) is 0 Å². The topological polar surface area (TPSA) is 44.8 Å². The summed E-state index contributed by atoms with van der Waals surface area (Å²) in [7, 11) is 0. The van der Waals surface area contributed by atoms with Crippen LogP contribution in [0.2, 0.25) is 0 Å². The number of fused-ring (bicyclic) bond motifs is 2. The second-order valence-electron chi connectivity index (χ2n) is 7.30. The maximum atomic E-state index is 11.9. The first kappa shape index (κ1) is 19.9. The van der Waals surface area contributed by atoms with Crippen LogP contribution in [0, 0.1) is 11.8 Å². The highest BCUT2D eigenvalue weighted by molar-refractivity contribution is 5.58. The molecule has 0 aromatic carbocycles. The van der Waals surface area contributed by atoms with Crippen LogP contribution in [0.5, 0.6) is 0 Å². The van der Waals surface area contributed by atoms with Crippen LogP contribution in [0.15, 0.2) is 0 Å². The maximum Gasteiger partial charge on any atom is 0.163 e. The molecule has 2 heterocycles. The molecule has 2 aliphatic heterocycles. The molecule has 0 aromatic heterocycles. The predicted molar refractivity (Wildman–Crippen MR) is 94.9 cm³/mol. The van der Waals surface area contributed by atoms with E-state index in [1.54, 1.807) is 0 Å². The zero-order valence-corrected chi connectivity index (χ0v) is 15.8. The number of hydrogen-bond donors (Lipinski definition) is 0. The quantitative estimate of drug-likeness (QED) is 0.281. The van der Waals surface area contributed by atoms with Crippen molar-refractivity contribution in [3.63, 3.8) is 0 Å². The first-order valence-corrected chi connectivity index (χ1v) is 10.1. The first-order valence-electron chi connectivity index (χ1n) is 10.1. The lowest BCUT2D eigenvalue weighted by molar-refractivity contribution is -0.183. The third-order valence-electron chi connectivity index (χ3n) is 5.77. The van der Waals surface area contributed by atoms with E-state index in [9.17, 15) is 4.79 Å². The predicted octanol–water partition coefficient (Wildman–Crippen LogP) is 4.50. The van der Waals surface area contributed by atoms with Gasteiger partial charge in [-0.1, -0.05) is 45.4 Å². The second-order valence-corrected chi connectivity index (χ2v) is 7.30. The van der Waals surface area contributed by atoms with Crippen LogP contribution in [-0.4, -0.2) is 37.5 Å². The average Bonchev–Trinajstić information content (AvgIpc) is 3.13. The normalized spacial score (nSPS) is 31.9. The summed E-state index contributed by atoms with van der Waals surface area (Å²) in [4.78, 5) is 11.9. The largest absolute Gasteiger partial charge is 0.370 e. The number of hydrogen-bond acceptors (Lipinski definition) is 4. The Kier molecular flexibility index (Phi) is 8.18. The molecule has 2 fully saturated rings. The van der Waals surface area contributed by atoms with Gasteiger partial charge >= 0.3 is 0 Å². The Morgan fingerprint density at radius 2 is 1.75 bits per heavy atom. The van der Waals surface area contributed by atoms with Crippen molar-refractivity contribution >= 4 is 6.29 Å². The van der Waals surface area contributed by atoms with Crippen molar-refractivity contribution in [3.05, 3.63) is 0 Å². The monoisotopic (exact) mass is 340 g/mol. The fourth-order valence-electron chi connectivity index (χ4n) is 4.62. The molecule has 0 amide bonds. The Hall–Kier alpha value is -0.450. The number of carbonyl (C=O) groups is 1. The van der Waals surface area contributed by atoms with Gasteiger partial charge in [-0.15, -0.1) is 0 Å². The molecule has 0 unspecified atom stereocenters. The SMILES string of the molecule is CCCCCCCC[C@]12CC[C@H](O1)[C@@H](C(OCC)OCC)[C@H]2C=O. The maximum absolute atomic E-state index is 11.9. The minimum absolute atomic E-state index is 0.0521. The molecular weight excluding hydrogens is 304 g/mol. The van der Waals surface area contributed by atoms with Gasteiger partial charge in [0, 0.05) is 19.1 Å². The van der Waals surface area contributed by atoms with Crippen LogP contribution in [0.25, 0.3) is 0 Å². The van der Waals surface area contributed by atoms with E-state index in [0.29, 0.717) is 13.2 Å². The average molecular weight is 341 g/mol. The van der Waals surface area contributed by atoms with E-state index in [0.717, 1.165) is 32.0 Å². The Morgan fingerprint density at radius 1 is 1.08 bits per heavy atom. The molecule has 4 atom stereocenters. The smallest absolute Gasteiger partial charge is 0.163 e. The summed E-state index contributed by atoms with van der Waals surface area (Å²) in [5, 5.41) is 0. The molecular formula is C20H36O4. The van der Waals surface area contributed by atoms with Crippen LogP contribution in [0.3, 0.4) is 0 Å². The molecule has 2 saturated heterocycles. The summed E-state index contributed by atoms with van der Waals surface area (Å²) in [6.45, 7) is 7.39. The summed E-state index contributed by atoms with van der Waals surface area (Å²) in [6, 6.07) is 0. The summed E-state index contributed by atoms with van der Waals surface area (Å²) in [5.74, 6) is -0.0359. The van der Waals surface area contributed by atoms with E-state index in [-0.39, 0.29) is 29.8 Å². The lowest BCUT2D eigenvalue weighted by atomic mass is 9.70. The number of aldehydes is 1. The number of rotatable bonds is 13. The van der Waals surface area contributed by atoms with Crippen LogP contribution in [-0.2, 0) is 19.0 Å². The highest BCUT2D eigenvalue weighted by atomic mass is 16.7. The van der Waals surface area contributed by atoms with Gasteiger partial charge in [0.15, 0.2) is 6.29 Å². The number of unbranched alkanes of at least 4 members (excludes halogenated alkanes) is 5. The lowest BCUT2D eigenvalue weighted by Crippen LogP contribution is -2.45. The van der Waals surface area contributed by atoms with Gasteiger partial charge in [-0.05, 0) is 33.1 Å². The summed E-state index contributed by atoms with van der Waals surface area (Å²) in [5.41, 5.74) is -0.256. The van der Waals surface area contributed by atoms with E-state index in [1.165, 1.54) is 32.1 Å². The fraction of sp³-hybridized carbons (Fsp3) is 0.950. The first-order chi connectivity index (χ1) is 11.7. The minimum atomic E-state index is -0.313.